The first kappa shape index (κ1) is 8.76. The second-order valence-electron chi connectivity index (χ2n) is 4.33. The molecule has 0 amide bonds. The Hall–Kier alpha value is -0.820. The van der Waals surface area contributed by atoms with Crippen LogP contribution in [0.2, 0.25) is 0 Å². The zero-order chi connectivity index (χ0) is 9.42. The average molecular weight is 175 g/mol. The van der Waals surface area contributed by atoms with E-state index < -0.39 is 0 Å². The highest BCUT2D eigenvalue weighted by Crippen LogP contribution is 2.39. The lowest BCUT2D eigenvalue weighted by atomic mass is 9.99. The summed E-state index contributed by atoms with van der Waals surface area (Å²) in [6.45, 7) is 4.46. The molecule has 2 atom stereocenters. The first-order valence-electron chi connectivity index (χ1n) is 5.04. The van der Waals surface area contributed by atoms with E-state index in [0.29, 0.717) is 17.9 Å². The second kappa shape index (κ2) is 3.15. The maximum atomic E-state index is 5.82. The molecule has 1 saturated carbocycles. The molecule has 2 N–H and O–H groups in total. The lowest BCUT2D eigenvalue weighted by Gasteiger charge is -2.07. The zero-order valence-corrected chi connectivity index (χ0v) is 8.33. The van der Waals surface area contributed by atoms with E-state index in [1.54, 1.807) is 0 Å². The molecular formula is C12H17N. The molecule has 1 aromatic rings. The van der Waals surface area contributed by atoms with E-state index in [1.807, 2.05) is 0 Å². The minimum atomic E-state index is 0.419. The van der Waals surface area contributed by atoms with Gasteiger partial charge in [0.05, 0.1) is 0 Å². The van der Waals surface area contributed by atoms with Crippen LogP contribution in [0.3, 0.4) is 0 Å². The van der Waals surface area contributed by atoms with E-state index >= 15 is 0 Å². The summed E-state index contributed by atoms with van der Waals surface area (Å²) in [5.41, 5.74) is 8.68. The highest BCUT2D eigenvalue weighted by atomic mass is 14.7. The Kier molecular flexibility index (Phi) is 2.12. The van der Waals surface area contributed by atoms with Crippen LogP contribution < -0.4 is 5.73 Å². The molecule has 1 heteroatoms. The molecule has 1 nitrogen and oxygen atoms in total. The maximum absolute atomic E-state index is 5.82. The van der Waals surface area contributed by atoms with Gasteiger partial charge in [-0.3, -0.25) is 0 Å². The molecule has 0 spiro atoms. The van der Waals surface area contributed by atoms with Crippen molar-refractivity contribution in [3.05, 3.63) is 35.4 Å². The van der Waals surface area contributed by atoms with Gasteiger partial charge in [0.15, 0.2) is 0 Å². The van der Waals surface area contributed by atoms with Gasteiger partial charge in [-0.1, -0.05) is 38.1 Å². The molecule has 1 fully saturated rings. The summed E-state index contributed by atoms with van der Waals surface area (Å²) in [6, 6.07) is 9.27. The Morgan fingerprint density at radius 1 is 1.38 bits per heavy atom. The largest absolute Gasteiger partial charge is 0.327 e. The smallest absolute Gasteiger partial charge is 0.0115 e. The first-order chi connectivity index (χ1) is 6.18. The van der Waals surface area contributed by atoms with Gasteiger partial charge < -0.3 is 5.73 Å². The maximum Gasteiger partial charge on any atom is 0.0115 e. The third-order valence-electron chi connectivity index (χ3n) is 2.85. The summed E-state index contributed by atoms with van der Waals surface area (Å²) in [6.07, 6.45) is 1.17. The number of nitrogens with two attached hydrogens (primary N) is 1. The molecule has 0 aliphatic heterocycles. The van der Waals surface area contributed by atoms with Gasteiger partial charge in [0.2, 0.25) is 0 Å². The minimum Gasteiger partial charge on any atom is -0.327 e. The average Bonchev–Trinajstić information content (AvgIpc) is 2.83. The summed E-state index contributed by atoms with van der Waals surface area (Å²) in [5.74, 6) is 1.26. The molecule has 0 bridgehead atoms. The van der Waals surface area contributed by atoms with Crippen molar-refractivity contribution in [2.24, 2.45) is 5.73 Å². The Labute approximate surface area is 80.0 Å². The molecule has 0 unspecified atom stereocenters. The van der Waals surface area contributed by atoms with Crippen molar-refractivity contribution in [2.75, 3.05) is 0 Å². The van der Waals surface area contributed by atoms with E-state index in [9.17, 15) is 0 Å². The van der Waals surface area contributed by atoms with Gasteiger partial charge in [-0.25, -0.2) is 0 Å². The fourth-order valence-corrected chi connectivity index (χ4v) is 1.75. The summed E-state index contributed by atoms with van der Waals surface area (Å²) in [4.78, 5) is 0. The van der Waals surface area contributed by atoms with Gasteiger partial charge in [-0.2, -0.15) is 0 Å². The second-order valence-corrected chi connectivity index (χ2v) is 4.33. The van der Waals surface area contributed by atoms with Crippen molar-refractivity contribution < 1.29 is 0 Å². The topological polar surface area (TPSA) is 26.0 Å². The third-order valence-corrected chi connectivity index (χ3v) is 2.85. The molecule has 70 valence electrons. The van der Waals surface area contributed by atoms with Crippen LogP contribution in [0.15, 0.2) is 24.3 Å². The van der Waals surface area contributed by atoms with E-state index in [0.717, 1.165) is 0 Å². The fraction of sp³-hybridized carbons (Fsp3) is 0.500. The predicted octanol–water partition coefficient (Wildman–Crippen LogP) is 2.62. The summed E-state index contributed by atoms with van der Waals surface area (Å²) < 4.78 is 0. The Balaban J connectivity index is 2.23. The van der Waals surface area contributed by atoms with Gasteiger partial charge in [0.25, 0.3) is 0 Å². The lowest BCUT2D eigenvalue weighted by molar-refractivity contribution is 0.860. The summed E-state index contributed by atoms with van der Waals surface area (Å²) in [5, 5.41) is 0. The van der Waals surface area contributed by atoms with Gasteiger partial charge in [-0.05, 0) is 23.5 Å². The van der Waals surface area contributed by atoms with Gasteiger partial charge in [-0.15, -0.1) is 0 Å². The highest BCUT2D eigenvalue weighted by molar-refractivity contribution is 5.32. The van der Waals surface area contributed by atoms with Crippen molar-refractivity contribution in [2.45, 2.75) is 38.1 Å². The molecular weight excluding hydrogens is 158 g/mol. The van der Waals surface area contributed by atoms with Crippen molar-refractivity contribution in [1.29, 1.82) is 0 Å². The quantitative estimate of drug-likeness (QED) is 0.734. The molecule has 2 rings (SSSR count). The number of hydrogen-bond acceptors (Lipinski definition) is 1. The molecule has 0 aromatic heterocycles. The van der Waals surface area contributed by atoms with Crippen LogP contribution in [-0.2, 0) is 0 Å². The normalized spacial score (nSPS) is 26.5. The summed E-state index contributed by atoms with van der Waals surface area (Å²) >= 11 is 0. The van der Waals surface area contributed by atoms with Crippen molar-refractivity contribution >= 4 is 0 Å². The Bertz CT molecular complexity index is 304. The molecule has 1 aliphatic carbocycles. The van der Waals surface area contributed by atoms with Crippen molar-refractivity contribution in [1.82, 2.24) is 0 Å². The molecule has 1 aliphatic rings. The zero-order valence-electron chi connectivity index (χ0n) is 8.33. The summed E-state index contributed by atoms with van der Waals surface area (Å²) in [7, 11) is 0. The number of hydrogen-bond donors (Lipinski definition) is 1. The SMILES string of the molecule is CC(C)c1cccc([C@@H]2C[C@H]2N)c1. The minimum absolute atomic E-state index is 0.419. The lowest BCUT2D eigenvalue weighted by Crippen LogP contribution is -2.01. The van der Waals surface area contributed by atoms with Crippen LogP contribution >= 0.6 is 0 Å². The fourth-order valence-electron chi connectivity index (χ4n) is 1.75. The van der Waals surface area contributed by atoms with Crippen LogP contribution in [0.4, 0.5) is 0 Å². The van der Waals surface area contributed by atoms with Crippen molar-refractivity contribution in [3.8, 4) is 0 Å². The molecule has 1 aromatic carbocycles. The molecule has 0 radical (unpaired) electrons. The van der Waals surface area contributed by atoms with Gasteiger partial charge >= 0.3 is 0 Å². The monoisotopic (exact) mass is 175 g/mol. The van der Waals surface area contributed by atoms with E-state index in [-0.39, 0.29) is 0 Å². The van der Waals surface area contributed by atoms with Crippen LogP contribution in [-0.4, -0.2) is 6.04 Å². The van der Waals surface area contributed by atoms with Crippen LogP contribution in [0.5, 0.6) is 0 Å². The van der Waals surface area contributed by atoms with Crippen LogP contribution in [0.25, 0.3) is 0 Å². The standard InChI is InChI=1S/C12H17N/c1-8(2)9-4-3-5-10(6-9)11-7-12(11)13/h3-6,8,11-12H,7,13H2,1-2H3/t11-,12+/m0/s1. The molecule has 13 heavy (non-hydrogen) atoms. The van der Waals surface area contributed by atoms with Crippen LogP contribution in [0.1, 0.15) is 43.2 Å². The predicted molar refractivity (Wildman–Crippen MR) is 55.9 cm³/mol. The first-order valence-corrected chi connectivity index (χ1v) is 5.04. The molecule has 0 saturated heterocycles. The molecule has 0 heterocycles. The Morgan fingerprint density at radius 2 is 2.08 bits per heavy atom. The van der Waals surface area contributed by atoms with E-state index in [4.69, 9.17) is 5.73 Å². The van der Waals surface area contributed by atoms with E-state index in [1.165, 1.54) is 17.5 Å². The third kappa shape index (κ3) is 1.75. The number of rotatable bonds is 2. The number of benzene rings is 1. The van der Waals surface area contributed by atoms with Gasteiger partial charge in [0, 0.05) is 12.0 Å². The van der Waals surface area contributed by atoms with Crippen LogP contribution in [0, 0.1) is 0 Å². The van der Waals surface area contributed by atoms with Gasteiger partial charge in [0.1, 0.15) is 0 Å². The highest BCUT2D eigenvalue weighted by Gasteiger charge is 2.34. The Morgan fingerprint density at radius 3 is 2.62 bits per heavy atom. The van der Waals surface area contributed by atoms with E-state index in [2.05, 4.69) is 38.1 Å². The van der Waals surface area contributed by atoms with Crippen molar-refractivity contribution in [3.63, 3.8) is 0 Å².